The minimum Gasteiger partial charge on any atom is -0.492 e. The van der Waals surface area contributed by atoms with Crippen LogP contribution in [0, 0.1) is 0 Å². The Labute approximate surface area is 115 Å². The molecule has 104 valence electrons. The second kappa shape index (κ2) is 7.97. The van der Waals surface area contributed by atoms with Crippen molar-refractivity contribution in [2.24, 2.45) is 0 Å². The minimum absolute atomic E-state index is 0.396. The van der Waals surface area contributed by atoms with Crippen LogP contribution in [-0.4, -0.2) is 32.4 Å². The number of allylic oxidation sites excluding steroid dienone is 1. The summed E-state index contributed by atoms with van der Waals surface area (Å²) in [6.45, 7) is 7.14. The maximum Gasteiger partial charge on any atom is 0.122 e. The van der Waals surface area contributed by atoms with Gasteiger partial charge in [-0.2, -0.15) is 0 Å². The van der Waals surface area contributed by atoms with Gasteiger partial charge in [0.1, 0.15) is 12.4 Å². The third-order valence-corrected chi connectivity index (χ3v) is 3.27. The van der Waals surface area contributed by atoms with Crippen LogP contribution >= 0.6 is 0 Å². The van der Waals surface area contributed by atoms with Crippen molar-refractivity contribution in [2.75, 3.05) is 26.3 Å². The van der Waals surface area contributed by atoms with Crippen molar-refractivity contribution >= 4 is 0 Å². The molecule has 1 aromatic rings. The van der Waals surface area contributed by atoms with Gasteiger partial charge in [-0.25, -0.2) is 0 Å². The molecule has 0 radical (unpaired) electrons. The topological polar surface area (TPSA) is 30.5 Å². The van der Waals surface area contributed by atoms with Gasteiger partial charge >= 0.3 is 0 Å². The van der Waals surface area contributed by atoms with Crippen LogP contribution in [0.1, 0.15) is 18.4 Å². The summed E-state index contributed by atoms with van der Waals surface area (Å²) in [7, 11) is 0. The van der Waals surface area contributed by atoms with Crippen molar-refractivity contribution in [1.82, 2.24) is 5.32 Å². The monoisotopic (exact) mass is 261 g/mol. The lowest BCUT2D eigenvalue weighted by atomic mass is 10.1. The Morgan fingerprint density at radius 1 is 1.42 bits per heavy atom. The van der Waals surface area contributed by atoms with Gasteiger partial charge < -0.3 is 14.8 Å². The van der Waals surface area contributed by atoms with E-state index in [-0.39, 0.29) is 0 Å². The van der Waals surface area contributed by atoms with Gasteiger partial charge in [0.2, 0.25) is 0 Å². The first kappa shape index (κ1) is 14.1. The van der Waals surface area contributed by atoms with E-state index in [1.165, 1.54) is 18.4 Å². The quantitative estimate of drug-likeness (QED) is 0.576. The number of rotatable bonds is 8. The molecule has 19 heavy (non-hydrogen) atoms. The number of hydrogen-bond donors (Lipinski definition) is 1. The molecule has 0 spiro atoms. The SMILES string of the molecule is C=CCc1ccccc1OCCNCC1CCCO1. The highest BCUT2D eigenvalue weighted by Crippen LogP contribution is 2.18. The van der Waals surface area contributed by atoms with Crippen LogP contribution in [0.25, 0.3) is 0 Å². The Morgan fingerprint density at radius 3 is 3.11 bits per heavy atom. The molecule has 1 aromatic carbocycles. The molecule has 0 aromatic heterocycles. The van der Waals surface area contributed by atoms with E-state index in [1.54, 1.807) is 0 Å². The summed E-state index contributed by atoms with van der Waals surface area (Å²) < 4.78 is 11.4. The second-order valence-electron chi connectivity index (χ2n) is 4.79. The number of benzene rings is 1. The fourth-order valence-corrected chi connectivity index (χ4v) is 2.27. The van der Waals surface area contributed by atoms with Crippen LogP contribution in [0.5, 0.6) is 5.75 Å². The van der Waals surface area contributed by atoms with Crippen molar-refractivity contribution < 1.29 is 9.47 Å². The Balaban J connectivity index is 1.65. The molecule has 1 unspecified atom stereocenters. The van der Waals surface area contributed by atoms with Crippen molar-refractivity contribution in [3.05, 3.63) is 42.5 Å². The predicted octanol–water partition coefficient (Wildman–Crippen LogP) is 2.56. The molecule has 1 atom stereocenters. The molecule has 0 aliphatic carbocycles. The maximum absolute atomic E-state index is 5.80. The van der Waals surface area contributed by atoms with Gasteiger partial charge in [-0.05, 0) is 30.9 Å². The van der Waals surface area contributed by atoms with E-state index in [1.807, 2.05) is 24.3 Å². The van der Waals surface area contributed by atoms with Gasteiger partial charge in [0.25, 0.3) is 0 Å². The maximum atomic E-state index is 5.80. The average Bonchev–Trinajstić information content (AvgIpc) is 2.94. The smallest absolute Gasteiger partial charge is 0.122 e. The van der Waals surface area contributed by atoms with Crippen LogP contribution < -0.4 is 10.1 Å². The number of nitrogens with one attached hydrogen (secondary N) is 1. The molecule has 1 N–H and O–H groups in total. The van der Waals surface area contributed by atoms with E-state index in [9.17, 15) is 0 Å². The van der Waals surface area contributed by atoms with Crippen LogP contribution in [0.3, 0.4) is 0 Å². The molecule has 0 bridgehead atoms. The van der Waals surface area contributed by atoms with Crippen molar-refractivity contribution in [3.8, 4) is 5.75 Å². The molecule has 1 saturated heterocycles. The number of para-hydroxylation sites is 1. The summed E-state index contributed by atoms with van der Waals surface area (Å²) in [5, 5.41) is 3.38. The van der Waals surface area contributed by atoms with Crippen molar-refractivity contribution in [3.63, 3.8) is 0 Å². The summed E-state index contributed by atoms with van der Waals surface area (Å²) >= 11 is 0. The zero-order chi connectivity index (χ0) is 13.3. The van der Waals surface area contributed by atoms with E-state index in [0.717, 1.165) is 31.9 Å². The molecule has 2 rings (SSSR count). The zero-order valence-corrected chi connectivity index (χ0v) is 11.4. The van der Waals surface area contributed by atoms with Crippen molar-refractivity contribution in [2.45, 2.75) is 25.4 Å². The normalized spacial score (nSPS) is 18.4. The van der Waals surface area contributed by atoms with E-state index in [2.05, 4.69) is 18.0 Å². The number of ether oxygens (including phenoxy) is 2. The van der Waals surface area contributed by atoms with E-state index < -0.39 is 0 Å². The molecule has 3 nitrogen and oxygen atoms in total. The first-order valence-electron chi connectivity index (χ1n) is 7.04. The highest BCUT2D eigenvalue weighted by Gasteiger charge is 2.14. The molecule has 0 amide bonds. The highest BCUT2D eigenvalue weighted by atomic mass is 16.5. The third-order valence-electron chi connectivity index (χ3n) is 3.27. The van der Waals surface area contributed by atoms with Crippen molar-refractivity contribution in [1.29, 1.82) is 0 Å². The first-order chi connectivity index (χ1) is 9.40. The predicted molar refractivity (Wildman–Crippen MR) is 77.7 cm³/mol. The Hall–Kier alpha value is -1.32. The molecule has 0 saturated carbocycles. The summed E-state index contributed by atoms with van der Waals surface area (Å²) in [5.74, 6) is 0.960. The third kappa shape index (κ3) is 4.69. The summed E-state index contributed by atoms with van der Waals surface area (Å²) in [5.41, 5.74) is 1.19. The Kier molecular flexibility index (Phi) is 5.92. The van der Waals surface area contributed by atoms with Gasteiger partial charge in [0.05, 0.1) is 6.10 Å². The number of hydrogen-bond acceptors (Lipinski definition) is 3. The fraction of sp³-hybridized carbons (Fsp3) is 0.500. The van der Waals surface area contributed by atoms with Gasteiger partial charge in [-0.1, -0.05) is 24.3 Å². The van der Waals surface area contributed by atoms with E-state index in [4.69, 9.17) is 9.47 Å². The Morgan fingerprint density at radius 2 is 2.32 bits per heavy atom. The lowest BCUT2D eigenvalue weighted by Gasteiger charge is -2.13. The standard InChI is InChI=1S/C16H23NO2/c1-2-6-14-7-3-4-9-16(14)19-12-10-17-13-15-8-5-11-18-15/h2-4,7,9,15,17H,1,5-6,8,10-13H2. The molecule has 1 heterocycles. The van der Waals surface area contributed by atoms with E-state index in [0.29, 0.717) is 12.7 Å². The summed E-state index contributed by atoms with van der Waals surface area (Å²) in [6, 6.07) is 8.12. The molecular formula is C16H23NO2. The van der Waals surface area contributed by atoms with Crippen LogP contribution in [0.4, 0.5) is 0 Å². The largest absolute Gasteiger partial charge is 0.492 e. The van der Waals surface area contributed by atoms with Gasteiger partial charge in [0, 0.05) is 19.7 Å². The lowest BCUT2D eigenvalue weighted by molar-refractivity contribution is 0.109. The Bertz CT molecular complexity index is 386. The summed E-state index contributed by atoms with van der Waals surface area (Å²) in [6.07, 6.45) is 5.51. The average molecular weight is 261 g/mol. The second-order valence-corrected chi connectivity index (χ2v) is 4.79. The van der Waals surface area contributed by atoms with Crippen LogP contribution in [-0.2, 0) is 11.2 Å². The minimum atomic E-state index is 0.396. The van der Waals surface area contributed by atoms with Gasteiger partial charge in [0.15, 0.2) is 0 Å². The highest BCUT2D eigenvalue weighted by molar-refractivity contribution is 5.34. The first-order valence-corrected chi connectivity index (χ1v) is 7.04. The fourth-order valence-electron chi connectivity index (χ4n) is 2.27. The lowest BCUT2D eigenvalue weighted by Crippen LogP contribution is -2.29. The van der Waals surface area contributed by atoms with E-state index >= 15 is 0 Å². The van der Waals surface area contributed by atoms with Crippen LogP contribution in [0.15, 0.2) is 36.9 Å². The van der Waals surface area contributed by atoms with Crippen LogP contribution in [0.2, 0.25) is 0 Å². The zero-order valence-electron chi connectivity index (χ0n) is 11.4. The van der Waals surface area contributed by atoms with Gasteiger partial charge in [-0.15, -0.1) is 6.58 Å². The molecule has 1 aliphatic rings. The molecule has 1 aliphatic heterocycles. The van der Waals surface area contributed by atoms with Gasteiger partial charge in [-0.3, -0.25) is 0 Å². The molecular weight excluding hydrogens is 238 g/mol. The summed E-state index contributed by atoms with van der Waals surface area (Å²) in [4.78, 5) is 0. The molecule has 3 heteroatoms. The molecule has 1 fully saturated rings.